The summed E-state index contributed by atoms with van der Waals surface area (Å²) in [7, 11) is -1.03. The Hall–Kier alpha value is -1.12. The SMILES string of the molecule is CC1(C)OB([C@H](N)c2cccc(C(F)(F)F)c2F)OC1(C)C. The van der Waals surface area contributed by atoms with Crippen LogP contribution in [0.1, 0.15) is 44.8 Å². The van der Waals surface area contributed by atoms with Crippen molar-refractivity contribution in [1.82, 2.24) is 0 Å². The summed E-state index contributed by atoms with van der Waals surface area (Å²) in [6.45, 7) is 7.12. The normalized spacial score (nSPS) is 22.0. The van der Waals surface area contributed by atoms with Crippen LogP contribution in [0.2, 0.25) is 0 Å². The van der Waals surface area contributed by atoms with Crippen LogP contribution in [0.25, 0.3) is 0 Å². The van der Waals surface area contributed by atoms with Crippen molar-refractivity contribution in [2.45, 2.75) is 51.0 Å². The molecule has 1 saturated heterocycles. The zero-order chi connectivity index (χ0) is 16.9. The lowest BCUT2D eigenvalue weighted by atomic mass is 9.74. The van der Waals surface area contributed by atoms with Gasteiger partial charge in [-0.15, -0.1) is 0 Å². The van der Waals surface area contributed by atoms with Gasteiger partial charge in [0.05, 0.1) is 22.7 Å². The predicted molar refractivity (Wildman–Crippen MR) is 74.4 cm³/mol. The first-order valence-electron chi connectivity index (χ1n) is 6.83. The van der Waals surface area contributed by atoms with Gasteiger partial charge in [-0.1, -0.05) is 12.1 Å². The highest BCUT2D eigenvalue weighted by atomic mass is 19.4. The molecule has 0 spiro atoms. The van der Waals surface area contributed by atoms with E-state index >= 15 is 0 Å². The summed E-state index contributed by atoms with van der Waals surface area (Å²) in [6, 6.07) is 3.00. The van der Waals surface area contributed by atoms with Crippen LogP contribution in [0, 0.1) is 5.82 Å². The molecule has 1 aliphatic heterocycles. The van der Waals surface area contributed by atoms with Gasteiger partial charge in [-0.3, -0.25) is 0 Å². The predicted octanol–water partition coefficient (Wildman–Crippen LogP) is 3.48. The van der Waals surface area contributed by atoms with E-state index in [0.29, 0.717) is 6.07 Å². The fourth-order valence-electron chi connectivity index (χ4n) is 2.21. The second kappa shape index (κ2) is 5.21. The Morgan fingerprint density at radius 2 is 1.59 bits per heavy atom. The van der Waals surface area contributed by atoms with Crippen molar-refractivity contribution in [3.63, 3.8) is 0 Å². The topological polar surface area (TPSA) is 44.5 Å². The van der Waals surface area contributed by atoms with Gasteiger partial charge in [0.15, 0.2) is 0 Å². The Morgan fingerprint density at radius 3 is 2.05 bits per heavy atom. The van der Waals surface area contributed by atoms with Gasteiger partial charge in [0.1, 0.15) is 5.82 Å². The molecule has 2 rings (SSSR count). The number of hydrogen-bond donors (Lipinski definition) is 1. The van der Waals surface area contributed by atoms with E-state index in [9.17, 15) is 17.6 Å². The van der Waals surface area contributed by atoms with E-state index in [1.807, 2.05) is 0 Å². The molecule has 8 heteroatoms. The van der Waals surface area contributed by atoms with Crippen LogP contribution in [0.3, 0.4) is 0 Å². The van der Waals surface area contributed by atoms with E-state index in [2.05, 4.69) is 0 Å². The van der Waals surface area contributed by atoms with Crippen molar-refractivity contribution in [2.24, 2.45) is 5.73 Å². The lowest BCUT2D eigenvalue weighted by molar-refractivity contribution is -0.140. The maximum absolute atomic E-state index is 14.1. The van der Waals surface area contributed by atoms with E-state index in [4.69, 9.17) is 15.0 Å². The second-order valence-electron chi connectivity index (χ2n) is 6.36. The minimum atomic E-state index is -4.78. The average Bonchev–Trinajstić information content (AvgIpc) is 2.56. The highest BCUT2D eigenvalue weighted by Gasteiger charge is 2.54. The zero-order valence-corrected chi connectivity index (χ0v) is 12.8. The van der Waals surface area contributed by atoms with Gasteiger partial charge in [0.2, 0.25) is 0 Å². The van der Waals surface area contributed by atoms with Gasteiger partial charge in [-0.05, 0) is 33.8 Å². The molecule has 22 heavy (non-hydrogen) atoms. The molecule has 0 amide bonds. The molecule has 1 atom stereocenters. The molecule has 0 bridgehead atoms. The van der Waals surface area contributed by atoms with Crippen molar-refractivity contribution >= 4 is 7.12 Å². The Kier molecular flexibility index (Phi) is 4.09. The third kappa shape index (κ3) is 2.87. The summed E-state index contributed by atoms with van der Waals surface area (Å²) in [6.07, 6.45) is -4.78. The summed E-state index contributed by atoms with van der Waals surface area (Å²) in [5.74, 6) is -2.56. The van der Waals surface area contributed by atoms with Crippen LogP contribution in [-0.4, -0.2) is 18.3 Å². The number of nitrogens with two attached hydrogens (primary N) is 1. The molecule has 1 aromatic carbocycles. The number of alkyl halides is 3. The van der Waals surface area contributed by atoms with Crippen molar-refractivity contribution in [3.8, 4) is 0 Å². The van der Waals surface area contributed by atoms with Gasteiger partial charge < -0.3 is 15.0 Å². The van der Waals surface area contributed by atoms with E-state index in [0.717, 1.165) is 6.07 Å². The molecule has 0 aromatic heterocycles. The number of hydrogen-bond acceptors (Lipinski definition) is 3. The molecule has 3 nitrogen and oxygen atoms in total. The number of rotatable bonds is 2. The third-order valence-corrected chi connectivity index (χ3v) is 4.26. The molecule has 2 N–H and O–H groups in total. The van der Waals surface area contributed by atoms with Crippen molar-refractivity contribution < 1.29 is 26.9 Å². The highest BCUT2D eigenvalue weighted by Crippen LogP contribution is 2.41. The lowest BCUT2D eigenvalue weighted by Crippen LogP contribution is -2.41. The summed E-state index contributed by atoms with van der Waals surface area (Å²) in [5, 5.41) is 0. The summed E-state index contributed by atoms with van der Waals surface area (Å²) < 4.78 is 63.8. The van der Waals surface area contributed by atoms with Crippen molar-refractivity contribution in [3.05, 3.63) is 35.1 Å². The molecule has 122 valence electrons. The van der Waals surface area contributed by atoms with Crippen LogP contribution in [0.5, 0.6) is 0 Å². The Morgan fingerprint density at radius 1 is 1.09 bits per heavy atom. The molecular weight excluding hydrogens is 301 g/mol. The first-order chi connectivity index (χ1) is 9.87. The second-order valence-corrected chi connectivity index (χ2v) is 6.36. The van der Waals surface area contributed by atoms with Crippen LogP contribution in [-0.2, 0) is 15.5 Å². The van der Waals surface area contributed by atoms with E-state index in [1.165, 1.54) is 6.07 Å². The van der Waals surface area contributed by atoms with E-state index in [-0.39, 0.29) is 5.56 Å². The summed E-state index contributed by atoms with van der Waals surface area (Å²) >= 11 is 0. The Balaban J connectivity index is 2.34. The minimum Gasteiger partial charge on any atom is -0.402 e. The lowest BCUT2D eigenvalue weighted by Gasteiger charge is -2.32. The zero-order valence-electron chi connectivity index (χ0n) is 12.8. The fraction of sp³-hybridized carbons (Fsp3) is 0.571. The smallest absolute Gasteiger partial charge is 0.402 e. The Labute approximate surface area is 126 Å². The molecule has 1 heterocycles. The summed E-state index contributed by atoms with van der Waals surface area (Å²) in [5.41, 5.74) is 2.86. The van der Waals surface area contributed by atoms with Gasteiger partial charge >= 0.3 is 13.3 Å². The summed E-state index contributed by atoms with van der Waals surface area (Å²) in [4.78, 5) is 0. The highest BCUT2D eigenvalue weighted by molar-refractivity contribution is 6.47. The number of halogens is 4. The molecule has 1 aromatic rings. The van der Waals surface area contributed by atoms with Crippen LogP contribution < -0.4 is 5.73 Å². The first kappa shape index (κ1) is 17.2. The van der Waals surface area contributed by atoms with Crippen molar-refractivity contribution in [1.29, 1.82) is 0 Å². The Bertz CT molecular complexity index is 558. The molecule has 1 aliphatic rings. The monoisotopic (exact) mass is 319 g/mol. The quantitative estimate of drug-likeness (QED) is 0.670. The third-order valence-electron chi connectivity index (χ3n) is 4.26. The van der Waals surface area contributed by atoms with Gasteiger partial charge in [0, 0.05) is 5.56 Å². The standard InChI is InChI=1S/C14H18BF4NO2/c1-12(2)13(3,4)22-15(21-12)11(20)8-6-5-7-9(10(8)16)14(17,18)19/h5-7,11H,20H2,1-4H3/t11-/m1/s1. The fourth-order valence-corrected chi connectivity index (χ4v) is 2.21. The van der Waals surface area contributed by atoms with Gasteiger partial charge in [-0.2, -0.15) is 13.2 Å². The van der Waals surface area contributed by atoms with E-state index < -0.39 is 41.8 Å². The minimum absolute atomic E-state index is 0.284. The molecule has 1 fully saturated rings. The van der Waals surface area contributed by atoms with Crippen LogP contribution >= 0.6 is 0 Å². The molecule has 0 radical (unpaired) electrons. The largest absolute Gasteiger partial charge is 0.480 e. The molecular formula is C14H18BF4NO2. The molecule has 0 aliphatic carbocycles. The van der Waals surface area contributed by atoms with Crippen molar-refractivity contribution in [2.75, 3.05) is 0 Å². The van der Waals surface area contributed by atoms with Gasteiger partial charge in [0.25, 0.3) is 0 Å². The maximum atomic E-state index is 14.1. The van der Waals surface area contributed by atoms with Crippen LogP contribution in [0.15, 0.2) is 18.2 Å². The molecule has 0 saturated carbocycles. The number of benzene rings is 1. The first-order valence-corrected chi connectivity index (χ1v) is 6.83. The van der Waals surface area contributed by atoms with Gasteiger partial charge in [-0.25, -0.2) is 4.39 Å². The molecule has 0 unspecified atom stereocenters. The van der Waals surface area contributed by atoms with E-state index in [1.54, 1.807) is 27.7 Å². The average molecular weight is 319 g/mol. The maximum Gasteiger partial charge on any atom is 0.480 e. The van der Waals surface area contributed by atoms with Crippen LogP contribution in [0.4, 0.5) is 17.6 Å².